The van der Waals surface area contributed by atoms with Crippen molar-refractivity contribution in [3.8, 4) is 0 Å². The molecule has 2 N–H and O–H groups in total. The number of nitrogens with one attached hydrogen (secondary N) is 2. The van der Waals surface area contributed by atoms with Crippen LogP contribution < -0.4 is 5.32 Å². The lowest BCUT2D eigenvalue weighted by atomic mass is 9.95. The lowest BCUT2D eigenvalue weighted by Crippen LogP contribution is -2.57. The van der Waals surface area contributed by atoms with Crippen molar-refractivity contribution in [2.24, 2.45) is 0 Å². The number of H-pyrrole nitrogens is 1. The van der Waals surface area contributed by atoms with Crippen molar-refractivity contribution in [1.82, 2.24) is 14.9 Å². The third kappa shape index (κ3) is 2.66. The lowest BCUT2D eigenvalue weighted by Gasteiger charge is -2.45. The molecular weight excluding hydrogens is 338 g/mol. The van der Waals surface area contributed by atoms with Crippen molar-refractivity contribution in [2.75, 3.05) is 11.9 Å². The Morgan fingerprint density at radius 3 is 2.96 bits per heavy atom. The van der Waals surface area contributed by atoms with E-state index in [1.807, 2.05) is 6.92 Å². The number of aromatic amines is 1. The highest BCUT2D eigenvalue weighted by atomic mass is 19.3. The minimum atomic E-state index is -2.65. The predicted molar refractivity (Wildman–Crippen MR) is 96.2 cm³/mol. The topological polar surface area (TPSA) is 61.0 Å². The molecule has 0 bridgehead atoms. The van der Waals surface area contributed by atoms with E-state index in [4.69, 9.17) is 0 Å². The number of hydrogen-bond donors (Lipinski definition) is 2. The predicted octanol–water partition coefficient (Wildman–Crippen LogP) is 4.01. The van der Waals surface area contributed by atoms with Gasteiger partial charge < -0.3 is 15.2 Å². The Morgan fingerprint density at radius 1 is 1.50 bits per heavy atom. The Hall–Kier alpha value is -2.44. The van der Waals surface area contributed by atoms with Gasteiger partial charge in [-0.05, 0) is 43.9 Å². The first-order valence-corrected chi connectivity index (χ1v) is 8.92. The molecule has 0 spiro atoms. The van der Waals surface area contributed by atoms with Crippen LogP contribution in [-0.4, -0.2) is 38.9 Å². The number of carbonyl (C=O) groups is 1. The van der Waals surface area contributed by atoms with Crippen LogP contribution in [0.15, 0.2) is 31.1 Å². The number of carbonyl (C=O) groups excluding carboxylic acids is 1. The largest absolute Gasteiger partial charge is 0.362 e. The zero-order valence-corrected chi connectivity index (χ0v) is 14.7. The number of nitrogens with zero attached hydrogens (tertiary/aromatic N) is 2. The number of fused-ring (bicyclic) bond motifs is 1. The van der Waals surface area contributed by atoms with Gasteiger partial charge in [-0.25, -0.2) is 13.8 Å². The Bertz CT molecular complexity index is 878. The van der Waals surface area contributed by atoms with Crippen molar-refractivity contribution in [2.45, 2.75) is 50.1 Å². The van der Waals surface area contributed by atoms with Gasteiger partial charge in [0.25, 0.3) is 5.92 Å². The molecule has 1 unspecified atom stereocenters. The van der Waals surface area contributed by atoms with Crippen molar-refractivity contribution < 1.29 is 13.6 Å². The van der Waals surface area contributed by atoms with E-state index in [0.717, 1.165) is 24.9 Å². The molecule has 2 atom stereocenters. The minimum Gasteiger partial charge on any atom is -0.362 e. The van der Waals surface area contributed by atoms with Crippen molar-refractivity contribution in [3.05, 3.63) is 36.7 Å². The molecule has 4 rings (SSSR count). The Kier molecular flexibility index (Phi) is 3.78. The number of aromatic nitrogens is 2. The van der Waals surface area contributed by atoms with Gasteiger partial charge in [-0.2, -0.15) is 0 Å². The molecule has 1 saturated heterocycles. The van der Waals surface area contributed by atoms with Crippen LogP contribution in [0, 0.1) is 0 Å². The average molecular weight is 360 g/mol. The van der Waals surface area contributed by atoms with Crippen molar-refractivity contribution in [3.63, 3.8) is 0 Å². The van der Waals surface area contributed by atoms with Crippen LogP contribution >= 0.6 is 0 Å². The fourth-order valence-electron chi connectivity index (χ4n) is 4.02. The molecule has 1 aliphatic carbocycles. The lowest BCUT2D eigenvalue weighted by molar-refractivity contribution is -0.132. The first-order chi connectivity index (χ1) is 12.4. The van der Waals surface area contributed by atoms with Gasteiger partial charge in [0.1, 0.15) is 11.3 Å². The summed E-state index contributed by atoms with van der Waals surface area (Å²) in [6, 6.07) is 1.79. The zero-order chi connectivity index (χ0) is 18.5. The fraction of sp³-hybridized carbons (Fsp3) is 0.474. The maximum Gasteiger partial charge on any atom is 0.256 e. The van der Waals surface area contributed by atoms with Gasteiger partial charge in [0, 0.05) is 36.4 Å². The molecule has 2 fully saturated rings. The molecule has 2 aromatic heterocycles. The highest BCUT2D eigenvalue weighted by molar-refractivity contribution is 5.94. The van der Waals surface area contributed by atoms with Crippen LogP contribution in [0.2, 0.25) is 0 Å². The molecule has 1 aliphatic heterocycles. The molecule has 7 heteroatoms. The van der Waals surface area contributed by atoms with Crippen LogP contribution in [0.3, 0.4) is 0 Å². The smallest absolute Gasteiger partial charge is 0.256 e. The summed E-state index contributed by atoms with van der Waals surface area (Å²) >= 11 is 0. The van der Waals surface area contributed by atoms with E-state index in [-0.39, 0.29) is 12.3 Å². The number of pyridine rings is 1. The molecule has 1 amide bonds. The van der Waals surface area contributed by atoms with Gasteiger partial charge in [0.15, 0.2) is 0 Å². The molecule has 3 heterocycles. The van der Waals surface area contributed by atoms with Crippen LogP contribution in [0.25, 0.3) is 11.0 Å². The fourth-order valence-corrected chi connectivity index (χ4v) is 4.02. The summed E-state index contributed by atoms with van der Waals surface area (Å²) in [5.41, 5.74) is 1.29. The molecule has 26 heavy (non-hydrogen) atoms. The Morgan fingerprint density at radius 2 is 2.27 bits per heavy atom. The van der Waals surface area contributed by atoms with Crippen LogP contribution in [0.1, 0.15) is 44.1 Å². The summed E-state index contributed by atoms with van der Waals surface area (Å²) in [7, 11) is 0. The second kappa shape index (κ2) is 5.79. The van der Waals surface area contributed by atoms with Gasteiger partial charge in [0.05, 0.1) is 5.92 Å². The van der Waals surface area contributed by atoms with E-state index in [1.54, 1.807) is 23.4 Å². The maximum absolute atomic E-state index is 13.6. The highest BCUT2D eigenvalue weighted by Crippen LogP contribution is 2.57. The van der Waals surface area contributed by atoms with Crippen LogP contribution in [0.5, 0.6) is 0 Å². The molecule has 2 aromatic rings. The standard InChI is InChI=1S/C19H22F2N4O/c1-3-15(26)25-9-5-4-7-18(25,2)24-14-6-8-22-17-16(14)12(11-23-17)13-10-19(13,20)21/h3,6,8,11,13H,1,4-5,7,9-10H2,2H3,(H2,22,23,24)/t13?,18-/m0/s1. The molecule has 0 aromatic carbocycles. The van der Waals surface area contributed by atoms with Gasteiger partial charge in [-0.15, -0.1) is 0 Å². The van der Waals surface area contributed by atoms with E-state index < -0.39 is 17.5 Å². The van der Waals surface area contributed by atoms with Crippen molar-refractivity contribution in [1.29, 1.82) is 0 Å². The molecular formula is C19H22F2N4O. The van der Waals surface area contributed by atoms with Crippen LogP contribution in [-0.2, 0) is 4.79 Å². The average Bonchev–Trinajstić information content (AvgIpc) is 3.04. The normalized spacial score (nSPS) is 27.3. The highest BCUT2D eigenvalue weighted by Gasteiger charge is 2.58. The summed E-state index contributed by atoms with van der Waals surface area (Å²) < 4.78 is 27.3. The summed E-state index contributed by atoms with van der Waals surface area (Å²) in [4.78, 5) is 21.3. The number of likely N-dealkylation sites (tertiary alicyclic amines) is 1. The quantitative estimate of drug-likeness (QED) is 0.810. The first-order valence-electron chi connectivity index (χ1n) is 8.92. The summed E-state index contributed by atoms with van der Waals surface area (Å²) in [6.07, 6.45) is 7.15. The van der Waals surface area contributed by atoms with Crippen molar-refractivity contribution >= 4 is 22.6 Å². The van der Waals surface area contributed by atoms with Crippen LogP contribution in [0.4, 0.5) is 14.5 Å². The third-order valence-electron chi connectivity index (χ3n) is 5.54. The molecule has 2 aliphatic rings. The third-order valence-corrected chi connectivity index (χ3v) is 5.54. The first kappa shape index (κ1) is 17.0. The second-order valence-corrected chi connectivity index (χ2v) is 7.39. The number of hydrogen-bond acceptors (Lipinski definition) is 3. The Labute approximate surface area is 150 Å². The second-order valence-electron chi connectivity index (χ2n) is 7.39. The van der Waals surface area contributed by atoms with Gasteiger partial charge in [0.2, 0.25) is 5.91 Å². The summed E-state index contributed by atoms with van der Waals surface area (Å²) in [6.45, 7) is 6.21. The van der Waals surface area contributed by atoms with E-state index in [0.29, 0.717) is 23.1 Å². The van der Waals surface area contributed by atoms with E-state index >= 15 is 0 Å². The number of anilines is 1. The zero-order valence-electron chi connectivity index (χ0n) is 14.7. The van der Waals surface area contributed by atoms with Gasteiger partial charge >= 0.3 is 0 Å². The number of alkyl halides is 2. The Balaban J connectivity index is 1.73. The molecule has 5 nitrogen and oxygen atoms in total. The van der Waals surface area contributed by atoms with Gasteiger partial charge in [-0.3, -0.25) is 4.79 Å². The number of halogens is 2. The van der Waals surface area contributed by atoms with Gasteiger partial charge in [-0.1, -0.05) is 6.58 Å². The van der Waals surface area contributed by atoms with E-state index in [1.165, 1.54) is 6.08 Å². The van der Waals surface area contributed by atoms with E-state index in [9.17, 15) is 13.6 Å². The van der Waals surface area contributed by atoms with E-state index in [2.05, 4.69) is 21.9 Å². The molecule has 1 saturated carbocycles. The summed E-state index contributed by atoms with van der Waals surface area (Å²) in [5, 5.41) is 4.14. The number of amides is 1. The molecule has 138 valence electrons. The minimum absolute atomic E-state index is 0.131. The maximum atomic E-state index is 13.6. The molecule has 0 radical (unpaired) electrons. The number of rotatable bonds is 4. The monoisotopic (exact) mass is 360 g/mol. The number of piperidine rings is 1. The SMILES string of the molecule is C=CC(=O)N1CCCC[C@@]1(C)Nc1ccnc2[nH]cc(C3CC3(F)F)c12. The summed E-state index contributed by atoms with van der Waals surface area (Å²) in [5.74, 6) is -3.55.